The van der Waals surface area contributed by atoms with E-state index in [1.54, 1.807) is 6.92 Å². The van der Waals surface area contributed by atoms with Gasteiger partial charge in [0.25, 0.3) is 5.91 Å². The largest absolute Gasteiger partial charge is 0.494 e. The second-order valence-corrected chi connectivity index (χ2v) is 9.84. The van der Waals surface area contributed by atoms with Crippen molar-refractivity contribution in [3.05, 3.63) is 41.4 Å². The number of rotatable bonds is 8. The second-order valence-electron chi connectivity index (χ2n) is 9.84. The van der Waals surface area contributed by atoms with Gasteiger partial charge >= 0.3 is 12.1 Å². The first kappa shape index (κ1) is 28.3. The molecule has 41 heavy (non-hydrogen) atoms. The lowest BCUT2D eigenvalue weighted by Gasteiger charge is -2.22. The Morgan fingerprint density at radius 3 is 2.56 bits per heavy atom. The molecule has 2 aliphatic rings. The standard InChI is InChI=1S/C27H28F3N5O6/c1-3-40-26(38)17-10-14(32-23(36)13-4-5-13)12-35(17)25(37)22-19(11-31)41-24(34-22)16-6-8-18(39-2)21-15(16)7-9-20(33-21)27(28,29)30/h6-9,13-14,17H,3-5,10-12,31H2,1-2H3,(H,32,36)/t14-,17+/m1/s1. The van der Waals surface area contributed by atoms with Crippen LogP contribution in [0.4, 0.5) is 13.2 Å². The van der Waals surface area contributed by atoms with Gasteiger partial charge in [0.05, 0.1) is 20.3 Å². The zero-order valence-electron chi connectivity index (χ0n) is 22.3. The topological polar surface area (TPSA) is 150 Å². The Morgan fingerprint density at radius 1 is 1.17 bits per heavy atom. The van der Waals surface area contributed by atoms with Crippen LogP contribution < -0.4 is 15.8 Å². The van der Waals surface area contributed by atoms with E-state index >= 15 is 0 Å². The van der Waals surface area contributed by atoms with Crippen LogP contribution in [0, 0.1) is 5.92 Å². The van der Waals surface area contributed by atoms with E-state index in [-0.39, 0.29) is 77.5 Å². The van der Waals surface area contributed by atoms with Gasteiger partial charge in [-0.05, 0) is 44.0 Å². The molecule has 2 amide bonds. The summed E-state index contributed by atoms with van der Waals surface area (Å²) in [6.45, 7) is 1.57. The molecular weight excluding hydrogens is 547 g/mol. The van der Waals surface area contributed by atoms with Gasteiger partial charge in [-0.3, -0.25) is 9.59 Å². The molecule has 218 valence electrons. The van der Waals surface area contributed by atoms with Crippen LogP contribution in [0.15, 0.2) is 28.7 Å². The molecule has 0 radical (unpaired) electrons. The van der Waals surface area contributed by atoms with Gasteiger partial charge in [-0.15, -0.1) is 0 Å². The number of methoxy groups -OCH3 is 1. The zero-order chi connectivity index (χ0) is 29.5. The van der Waals surface area contributed by atoms with Crippen molar-refractivity contribution < 1.29 is 41.4 Å². The third kappa shape index (κ3) is 5.56. The highest BCUT2D eigenvalue weighted by atomic mass is 19.4. The third-order valence-corrected chi connectivity index (χ3v) is 7.06. The number of carbonyl (C=O) groups excluding carboxylic acids is 3. The molecule has 0 unspecified atom stereocenters. The molecule has 2 atom stereocenters. The van der Waals surface area contributed by atoms with Crippen molar-refractivity contribution in [2.45, 2.75) is 51.0 Å². The summed E-state index contributed by atoms with van der Waals surface area (Å²) in [4.78, 5) is 48.3. The van der Waals surface area contributed by atoms with Crippen LogP contribution in [0.3, 0.4) is 0 Å². The number of hydrogen-bond acceptors (Lipinski definition) is 9. The van der Waals surface area contributed by atoms with Crippen LogP contribution in [-0.4, -0.2) is 65.0 Å². The molecule has 11 nitrogen and oxygen atoms in total. The number of aromatic nitrogens is 2. The first-order valence-corrected chi connectivity index (χ1v) is 13.1. The smallest absolute Gasteiger partial charge is 0.433 e. The van der Waals surface area contributed by atoms with Crippen LogP contribution in [0.2, 0.25) is 0 Å². The van der Waals surface area contributed by atoms with Gasteiger partial charge in [-0.1, -0.05) is 0 Å². The van der Waals surface area contributed by atoms with E-state index in [0.29, 0.717) is 0 Å². The van der Waals surface area contributed by atoms with Gasteiger partial charge in [0.15, 0.2) is 11.5 Å². The van der Waals surface area contributed by atoms with E-state index in [0.717, 1.165) is 18.9 Å². The van der Waals surface area contributed by atoms with Crippen molar-refractivity contribution in [1.82, 2.24) is 20.2 Å². The molecule has 1 saturated carbocycles. The average molecular weight is 576 g/mol. The van der Waals surface area contributed by atoms with E-state index < -0.39 is 35.8 Å². The highest BCUT2D eigenvalue weighted by Gasteiger charge is 2.44. The van der Waals surface area contributed by atoms with Gasteiger partial charge in [0.1, 0.15) is 23.0 Å². The number of carbonyl (C=O) groups is 3. The number of oxazole rings is 1. The Balaban J connectivity index is 1.50. The van der Waals surface area contributed by atoms with Crippen molar-refractivity contribution in [1.29, 1.82) is 0 Å². The van der Waals surface area contributed by atoms with Crippen molar-refractivity contribution in [2.75, 3.05) is 20.3 Å². The summed E-state index contributed by atoms with van der Waals surface area (Å²) >= 11 is 0. The lowest BCUT2D eigenvalue weighted by molar-refractivity contribution is -0.147. The minimum absolute atomic E-state index is 0.0157. The molecular formula is C27H28F3N5O6. The van der Waals surface area contributed by atoms with E-state index in [2.05, 4.69) is 15.3 Å². The molecule has 3 N–H and O–H groups in total. The zero-order valence-corrected chi connectivity index (χ0v) is 22.3. The molecule has 14 heteroatoms. The van der Waals surface area contributed by atoms with Gasteiger partial charge in [-0.25, -0.2) is 14.8 Å². The summed E-state index contributed by atoms with van der Waals surface area (Å²) in [6, 6.07) is 3.56. The predicted molar refractivity (Wildman–Crippen MR) is 137 cm³/mol. The Hall–Kier alpha value is -4.20. The quantitative estimate of drug-likeness (QED) is 0.387. The number of benzene rings is 1. The first-order valence-electron chi connectivity index (χ1n) is 13.1. The molecule has 2 aromatic heterocycles. The van der Waals surface area contributed by atoms with Crippen molar-refractivity contribution in [3.63, 3.8) is 0 Å². The SMILES string of the molecule is CCOC(=O)[C@@H]1C[C@@H](NC(=O)C2CC2)CN1C(=O)c1nc(-c2ccc(OC)c3nc(C(F)(F)F)ccc23)oc1CN. The Labute approximate surface area is 232 Å². The molecule has 2 fully saturated rings. The van der Waals surface area contributed by atoms with Gasteiger partial charge < -0.3 is 29.8 Å². The fourth-order valence-electron chi connectivity index (χ4n) is 4.90. The normalized spacial score (nSPS) is 18.9. The number of amides is 2. The van der Waals surface area contributed by atoms with Crippen LogP contribution in [0.5, 0.6) is 5.75 Å². The number of hydrogen-bond donors (Lipinski definition) is 2. The minimum Gasteiger partial charge on any atom is -0.494 e. The maximum absolute atomic E-state index is 13.8. The van der Waals surface area contributed by atoms with Crippen molar-refractivity contribution in [3.8, 4) is 17.2 Å². The summed E-state index contributed by atoms with van der Waals surface area (Å²) in [6.07, 6.45) is -2.90. The van der Waals surface area contributed by atoms with E-state index in [9.17, 15) is 27.6 Å². The maximum Gasteiger partial charge on any atom is 0.433 e. The van der Waals surface area contributed by atoms with Crippen molar-refractivity contribution in [2.24, 2.45) is 11.7 Å². The van der Waals surface area contributed by atoms with E-state index in [1.807, 2.05) is 0 Å². The molecule has 1 aliphatic heterocycles. The minimum atomic E-state index is -4.67. The molecule has 1 aliphatic carbocycles. The van der Waals surface area contributed by atoms with Crippen molar-refractivity contribution >= 4 is 28.7 Å². The van der Waals surface area contributed by atoms with Gasteiger partial charge in [-0.2, -0.15) is 13.2 Å². The molecule has 5 rings (SSSR count). The van der Waals surface area contributed by atoms with Gasteiger partial charge in [0.2, 0.25) is 11.8 Å². The fourth-order valence-corrected chi connectivity index (χ4v) is 4.90. The summed E-state index contributed by atoms with van der Waals surface area (Å²) in [5.41, 5.74) is 4.79. The number of halogens is 3. The summed E-state index contributed by atoms with van der Waals surface area (Å²) in [5, 5.41) is 3.15. The number of pyridine rings is 1. The van der Waals surface area contributed by atoms with Crippen LogP contribution in [0.25, 0.3) is 22.4 Å². The molecule has 0 spiro atoms. The fraction of sp³-hybridized carbons (Fsp3) is 0.444. The number of likely N-dealkylation sites (tertiary alicyclic amines) is 1. The van der Waals surface area contributed by atoms with E-state index in [4.69, 9.17) is 19.6 Å². The number of nitrogens with zero attached hydrogens (tertiary/aromatic N) is 3. The number of ether oxygens (including phenoxy) is 2. The van der Waals surface area contributed by atoms with Gasteiger partial charge in [0, 0.05) is 35.9 Å². The molecule has 3 heterocycles. The van der Waals surface area contributed by atoms with Crippen LogP contribution in [-0.2, 0) is 27.0 Å². The number of nitrogens with two attached hydrogens (primary N) is 1. The lowest BCUT2D eigenvalue weighted by Crippen LogP contribution is -2.42. The molecule has 3 aromatic rings. The summed E-state index contributed by atoms with van der Waals surface area (Å²) in [5.74, 6) is -1.40. The monoisotopic (exact) mass is 575 g/mol. The lowest BCUT2D eigenvalue weighted by atomic mass is 10.1. The Bertz CT molecular complexity index is 1500. The molecule has 1 aromatic carbocycles. The number of nitrogens with one attached hydrogen (secondary N) is 1. The number of fused-ring (bicyclic) bond motifs is 1. The third-order valence-electron chi connectivity index (χ3n) is 7.06. The molecule has 1 saturated heterocycles. The number of esters is 1. The first-order chi connectivity index (χ1) is 19.5. The Kier molecular flexibility index (Phi) is 7.60. The summed E-state index contributed by atoms with van der Waals surface area (Å²) < 4.78 is 56.2. The summed E-state index contributed by atoms with van der Waals surface area (Å²) in [7, 11) is 1.31. The highest BCUT2D eigenvalue weighted by molar-refractivity contribution is 5.99. The van der Waals surface area contributed by atoms with E-state index in [1.165, 1.54) is 30.2 Å². The average Bonchev–Trinajstić information content (AvgIpc) is 3.58. The van der Waals surface area contributed by atoms with Crippen LogP contribution >= 0.6 is 0 Å². The number of alkyl halides is 3. The van der Waals surface area contributed by atoms with Crippen LogP contribution in [0.1, 0.15) is 48.1 Å². The Morgan fingerprint density at radius 2 is 1.93 bits per heavy atom. The second kappa shape index (κ2) is 11.0. The highest BCUT2D eigenvalue weighted by Crippen LogP contribution is 2.37. The maximum atomic E-state index is 13.8. The molecule has 0 bridgehead atoms. The predicted octanol–water partition coefficient (Wildman–Crippen LogP) is 3.05.